The number of hydrogen-bond acceptors (Lipinski definition) is 6. The van der Waals surface area contributed by atoms with E-state index < -0.39 is 0 Å². The van der Waals surface area contributed by atoms with Crippen LogP contribution in [0.15, 0.2) is 6.20 Å². The molecular formula is C17H22N8. The van der Waals surface area contributed by atoms with Gasteiger partial charge in [0.2, 0.25) is 5.95 Å². The van der Waals surface area contributed by atoms with Gasteiger partial charge in [0, 0.05) is 26.8 Å². The van der Waals surface area contributed by atoms with Gasteiger partial charge in [-0.3, -0.25) is 4.98 Å². The Balaban J connectivity index is 1.58. The number of aromatic nitrogens is 7. The molecule has 3 aromatic heterocycles. The Morgan fingerprint density at radius 1 is 1.20 bits per heavy atom. The van der Waals surface area contributed by atoms with Crippen LogP contribution in [-0.2, 0) is 7.05 Å². The minimum Gasteiger partial charge on any atom is -0.342 e. The molecule has 0 aromatic carbocycles. The fourth-order valence-electron chi connectivity index (χ4n) is 2.79. The van der Waals surface area contributed by atoms with Crippen LogP contribution < -0.4 is 4.90 Å². The topological polar surface area (TPSA) is 77.0 Å². The molecule has 0 aliphatic heterocycles. The minimum atomic E-state index is 0.634. The highest BCUT2D eigenvalue weighted by atomic mass is 15.4. The zero-order chi connectivity index (χ0) is 17.6. The molecule has 1 fully saturated rings. The van der Waals surface area contributed by atoms with E-state index >= 15 is 0 Å². The van der Waals surface area contributed by atoms with Crippen molar-refractivity contribution in [3.8, 4) is 0 Å². The number of rotatable bonds is 5. The van der Waals surface area contributed by atoms with Crippen LogP contribution in [-0.4, -0.2) is 47.9 Å². The number of hydrogen-bond donors (Lipinski definition) is 0. The first-order chi connectivity index (χ1) is 12.0. The standard InChI is InChI=1S/C17H22N8/c1-11-9-18-12(2)16-19-14(21-25(11)16)7-8-15-20-17(22-24(15)4)23(3)10-13-5-6-13/h7-9,13H,5-6,10H2,1-4H3/b8-7+. The summed E-state index contributed by atoms with van der Waals surface area (Å²) in [5.74, 6) is 2.97. The lowest BCUT2D eigenvalue weighted by Crippen LogP contribution is -2.21. The Morgan fingerprint density at radius 3 is 2.72 bits per heavy atom. The second-order valence-corrected chi connectivity index (χ2v) is 6.74. The summed E-state index contributed by atoms with van der Waals surface area (Å²) in [5, 5.41) is 9.02. The molecule has 3 heterocycles. The van der Waals surface area contributed by atoms with Crippen LogP contribution in [0, 0.1) is 19.8 Å². The highest BCUT2D eigenvalue weighted by molar-refractivity contribution is 5.65. The molecule has 1 saturated carbocycles. The second-order valence-electron chi connectivity index (χ2n) is 6.74. The van der Waals surface area contributed by atoms with E-state index in [1.54, 1.807) is 10.9 Å². The molecule has 0 spiro atoms. The van der Waals surface area contributed by atoms with Gasteiger partial charge in [-0.2, -0.15) is 4.98 Å². The van der Waals surface area contributed by atoms with Gasteiger partial charge in [0.25, 0.3) is 0 Å². The van der Waals surface area contributed by atoms with Gasteiger partial charge in [0.05, 0.1) is 11.4 Å². The van der Waals surface area contributed by atoms with Gasteiger partial charge < -0.3 is 4.90 Å². The van der Waals surface area contributed by atoms with Crippen molar-refractivity contribution < 1.29 is 0 Å². The molecule has 1 aliphatic carbocycles. The predicted octanol–water partition coefficient (Wildman–Crippen LogP) is 1.89. The van der Waals surface area contributed by atoms with E-state index in [4.69, 9.17) is 0 Å². The Bertz CT molecular complexity index is 908. The van der Waals surface area contributed by atoms with E-state index in [1.165, 1.54) is 12.8 Å². The van der Waals surface area contributed by atoms with Crippen molar-refractivity contribution >= 4 is 23.7 Å². The SMILES string of the molecule is Cc1ncc(C)n2nc(/C=C/c3nc(N(C)CC4CC4)nn3C)nc12. The molecule has 0 N–H and O–H groups in total. The molecular weight excluding hydrogens is 316 g/mol. The van der Waals surface area contributed by atoms with E-state index in [-0.39, 0.29) is 0 Å². The van der Waals surface area contributed by atoms with Crippen molar-refractivity contribution in [2.45, 2.75) is 26.7 Å². The summed E-state index contributed by atoms with van der Waals surface area (Å²) in [4.78, 5) is 15.6. The summed E-state index contributed by atoms with van der Waals surface area (Å²) < 4.78 is 3.59. The van der Waals surface area contributed by atoms with Crippen molar-refractivity contribution in [1.29, 1.82) is 0 Å². The summed E-state index contributed by atoms with van der Waals surface area (Å²) in [6.45, 7) is 4.92. The van der Waals surface area contributed by atoms with Gasteiger partial charge in [-0.05, 0) is 44.8 Å². The van der Waals surface area contributed by atoms with Gasteiger partial charge in [-0.25, -0.2) is 14.2 Å². The van der Waals surface area contributed by atoms with Crippen LogP contribution in [0.3, 0.4) is 0 Å². The smallest absolute Gasteiger partial charge is 0.244 e. The van der Waals surface area contributed by atoms with Crippen LogP contribution in [0.25, 0.3) is 17.8 Å². The third-order valence-corrected chi connectivity index (χ3v) is 4.46. The summed E-state index contributed by atoms with van der Waals surface area (Å²) in [6, 6.07) is 0. The van der Waals surface area contributed by atoms with Crippen LogP contribution in [0.2, 0.25) is 0 Å². The predicted molar refractivity (Wildman–Crippen MR) is 96.2 cm³/mol. The monoisotopic (exact) mass is 338 g/mol. The molecule has 4 rings (SSSR count). The first-order valence-electron chi connectivity index (χ1n) is 8.50. The highest BCUT2D eigenvalue weighted by Gasteiger charge is 2.24. The summed E-state index contributed by atoms with van der Waals surface area (Å²) in [5.41, 5.74) is 2.60. The molecule has 1 aliphatic rings. The molecule has 8 nitrogen and oxygen atoms in total. The van der Waals surface area contributed by atoms with Gasteiger partial charge in [-0.15, -0.1) is 10.2 Å². The fourth-order valence-corrected chi connectivity index (χ4v) is 2.79. The lowest BCUT2D eigenvalue weighted by Gasteiger charge is -2.13. The lowest BCUT2D eigenvalue weighted by atomic mass is 10.4. The van der Waals surface area contributed by atoms with E-state index in [0.717, 1.165) is 41.3 Å². The quantitative estimate of drug-likeness (QED) is 0.707. The van der Waals surface area contributed by atoms with Gasteiger partial charge in [0.15, 0.2) is 17.3 Å². The van der Waals surface area contributed by atoms with Crippen LogP contribution in [0.1, 0.15) is 35.9 Å². The maximum Gasteiger partial charge on any atom is 0.244 e. The third kappa shape index (κ3) is 3.11. The normalized spacial score (nSPS) is 14.7. The molecule has 25 heavy (non-hydrogen) atoms. The Morgan fingerprint density at radius 2 is 2.00 bits per heavy atom. The molecule has 130 valence electrons. The Kier molecular flexibility index (Phi) is 3.74. The zero-order valence-electron chi connectivity index (χ0n) is 15.0. The molecule has 8 heteroatoms. The van der Waals surface area contributed by atoms with Gasteiger partial charge in [-0.1, -0.05) is 0 Å². The van der Waals surface area contributed by atoms with Crippen LogP contribution >= 0.6 is 0 Å². The molecule has 0 amide bonds. The van der Waals surface area contributed by atoms with Crippen molar-refractivity contribution in [3.63, 3.8) is 0 Å². The minimum absolute atomic E-state index is 0.634. The van der Waals surface area contributed by atoms with E-state index in [1.807, 2.05) is 44.6 Å². The maximum atomic E-state index is 4.61. The molecule has 0 unspecified atom stereocenters. The molecule has 3 aromatic rings. The van der Waals surface area contributed by atoms with E-state index in [9.17, 15) is 0 Å². The Hall–Kier alpha value is -2.77. The number of anilines is 1. The van der Waals surface area contributed by atoms with Crippen molar-refractivity contribution in [2.24, 2.45) is 13.0 Å². The number of aryl methyl sites for hydroxylation is 3. The zero-order valence-corrected chi connectivity index (χ0v) is 15.0. The maximum absolute atomic E-state index is 4.61. The largest absolute Gasteiger partial charge is 0.342 e. The average molecular weight is 338 g/mol. The van der Waals surface area contributed by atoms with Crippen molar-refractivity contribution in [1.82, 2.24) is 34.3 Å². The van der Waals surface area contributed by atoms with Gasteiger partial charge >= 0.3 is 0 Å². The average Bonchev–Trinajstić information content (AvgIpc) is 3.15. The second kappa shape index (κ2) is 5.94. The molecule has 0 radical (unpaired) electrons. The van der Waals surface area contributed by atoms with Crippen LogP contribution in [0.4, 0.5) is 5.95 Å². The van der Waals surface area contributed by atoms with Crippen LogP contribution in [0.5, 0.6) is 0 Å². The molecule has 0 atom stereocenters. The summed E-state index contributed by atoms with van der Waals surface area (Å²) in [6.07, 6.45) is 8.19. The molecule has 0 bridgehead atoms. The first kappa shape index (κ1) is 15.7. The lowest BCUT2D eigenvalue weighted by molar-refractivity contribution is 0.727. The third-order valence-electron chi connectivity index (χ3n) is 4.46. The summed E-state index contributed by atoms with van der Waals surface area (Å²) >= 11 is 0. The van der Waals surface area contributed by atoms with Gasteiger partial charge in [0.1, 0.15) is 0 Å². The van der Waals surface area contributed by atoms with E-state index in [0.29, 0.717) is 5.82 Å². The number of nitrogens with zero attached hydrogens (tertiary/aromatic N) is 8. The van der Waals surface area contributed by atoms with Crippen molar-refractivity contribution in [3.05, 3.63) is 29.2 Å². The highest BCUT2D eigenvalue weighted by Crippen LogP contribution is 2.30. The molecule has 0 saturated heterocycles. The van der Waals surface area contributed by atoms with Crippen molar-refractivity contribution in [2.75, 3.05) is 18.5 Å². The van der Waals surface area contributed by atoms with E-state index in [2.05, 4.69) is 30.0 Å². The Labute approximate surface area is 146 Å². The number of fused-ring (bicyclic) bond motifs is 1. The fraction of sp³-hybridized carbons (Fsp3) is 0.471. The first-order valence-corrected chi connectivity index (χ1v) is 8.50. The summed E-state index contributed by atoms with van der Waals surface area (Å²) in [7, 11) is 3.94.